The number of rotatable bonds is 7. The van der Waals surface area contributed by atoms with Crippen LogP contribution in [0.2, 0.25) is 5.02 Å². The number of piperidine rings is 1. The van der Waals surface area contributed by atoms with Crippen LogP contribution in [-0.4, -0.2) is 55.1 Å². The lowest BCUT2D eigenvalue weighted by molar-refractivity contribution is -0.123. The van der Waals surface area contributed by atoms with Gasteiger partial charge in [0.15, 0.2) is 11.5 Å². The summed E-state index contributed by atoms with van der Waals surface area (Å²) in [7, 11) is 0. The van der Waals surface area contributed by atoms with Gasteiger partial charge in [-0.05, 0) is 67.4 Å². The molecule has 1 amide bonds. The number of aliphatic hydroxyl groups is 1. The first-order valence-electron chi connectivity index (χ1n) is 10.0. The van der Waals surface area contributed by atoms with Crippen LogP contribution in [0.1, 0.15) is 12.8 Å². The van der Waals surface area contributed by atoms with Crippen molar-refractivity contribution in [2.75, 3.05) is 33.0 Å². The Bertz CT molecular complexity index is 914. The van der Waals surface area contributed by atoms with E-state index in [1.165, 1.54) is 0 Å². The highest BCUT2D eigenvalue weighted by molar-refractivity contribution is 6.31. The highest BCUT2D eigenvalue weighted by atomic mass is 35.5. The molecule has 2 aliphatic rings. The van der Waals surface area contributed by atoms with Crippen molar-refractivity contribution in [3.05, 3.63) is 41.4 Å². The van der Waals surface area contributed by atoms with Crippen molar-refractivity contribution < 1.29 is 24.1 Å². The first kappa shape index (κ1) is 20.8. The third-order valence-corrected chi connectivity index (χ3v) is 5.70. The molecule has 0 radical (unpaired) electrons. The Balaban J connectivity index is 1.34. The Morgan fingerprint density at radius 1 is 1.17 bits per heavy atom. The lowest BCUT2D eigenvalue weighted by Gasteiger charge is -2.31. The van der Waals surface area contributed by atoms with E-state index in [0.717, 1.165) is 42.8 Å². The number of aliphatic hydroxyl groups excluding tert-OH is 1. The van der Waals surface area contributed by atoms with Crippen LogP contribution in [0.4, 0.5) is 0 Å². The van der Waals surface area contributed by atoms with E-state index in [2.05, 4.69) is 4.90 Å². The van der Waals surface area contributed by atoms with E-state index in [1.807, 2.05) is 30.3 Å². The number of carbonyl (C=O) groups is 1. The van der Waals surface area contributed by atoms with Crippen LogP contribution in [0.5, 0.6) is 17.2 Å². The van der Waals surface area contributed by atoms with Crippen molar-refractivity contribution >= 4 is 17.5 Å². The molecule has 0 aromatic heterocycles. The maximum Gasteiger partial charge on any atom is 0.231 e. The number of hydrogen-bond acceptors (Lipinski definition) is 6. The molecule has 1 unspecified atom stereocenters. The minimum atomic E-state index is -0.650. The fraction of sp³-hybridized carbons (Fsp3) is 0.409. The molecule has 0 spiro atoms. The van der Waals surface area contributed by atoms with E-state index < -0.39 is 6.10 Å². The second kappa shape index (κ2) is 9.12. The number of carbonyl (C=O) groups excluding carboxylic acids is 1. The number of benzene rings is 2. The fourth-order valence-corrected chi connectivity index (χ4v) is 4.06. The number of primary amides is 1. The summed E-state index contributed by atoms with van der Waals surface area (Å²) >= 11 is 6.28. The van der Waals surface area contributed by atoms with E-state index >= 15 is 0 Å². The average molecular weight is 433 g/mol. The summed E-state index contributed by atoms with van der Waals surface area (Å²) in [6.45, 7) is 2.35. The van der Waals surface area contributed by atoms with Gasteiger partial charge in [0, 0.05) is 17.5 Å². The number of fused-ring (bicyclic) bond motifs is 1. The van der Waals surface area contributed by atoms with Gasteiger partial charge in [-0.25, -0.2) is 0 Å². The lowest BCUT2D eigenvalue weighted by atomic mass is 9.96. The number of ether oxygens (including phenoxy) is 3. The normalized spacial score (nSPS) is 17.7. The van der Waals surface area contributed by atoms with Crippen molar-refractivity contribution in [3.8, 4) is 28.4 Å². The van der Waals surface area contributed by atoms with Gasteiger partial charge in [-0.15, -0.1) is 0 Å². The zero-order valence-corrected chi connectivity index (χ0v) is 17.3. The van der Waals surface area contributed by atoms with Gasteiger partial charge in [-0.2, -0.15) is 0 Å². The van der Waals surface area contributed by atoms with Gasteiger partial charge in [0.05, 0.1) is 0 Å². The van der Waals surface area contributed by atoms with Crippen LogP contribution >= 0.6 is 11.6 Å². The maximum absolute atomic E-state index is 11.3. The third-order valence-electron chi connectivity index (χ3n) is 5.48. The molecule has 0 saturated carbocycles. The molecule has 8 heteroatoms. The number of halogens is 1. The van der Waals surface area contributed by atoms with E-state index in [4.69, 9.17) is 31.5 Å². The van der Waals surface area contributed by atoms with Crippen LogP contribution in [0.25, 0.3) is 11.1 Å². The minimum absolute atomic E-state index is 0.0595. The molecule has 2 aromatic rings. The van der Waals surface area contributed by atoms with Crippen LogP contribution in [-0.2, 0) is 4.79 Å². The number of nitrogens with two attached hydrogens (primary N) is 1. The lowest BCUT2D eigenvalue weighted by Crippen LogP contribution is -2.43. The van der Waals surface area contributed by atoms with Gasteiger partial charge in [0.25, 0.3) is 0 Å². The Hall–Kier alpha value is -2.48. The monoisotopic (exact) mass is 432 g/mol. The molecule has 3 N–H and O–H groups in total. The quantitative estimate of drug-likeness (QED) is 0.698. The molecular weight excluding hydrogens is 408 g/mol. The summed E-state index contributed by atoms with van der Waals surface area (Å²) in [5.41, 5.74) is 7.19. The molecule has 1 atom stereocenters. The van der Waals surface area contributed by atoms with Crippen molar-refractivity contribution in [2.24, 2.45) is 11.7 Å². The number of hydrogen-bond donors (Lipinski definition) is 2. The summed E-state index contributed by atoms with van der Waals surface area (Å²) in [6.07, 6.45) is 0.815. The second-order valence-electron chi connectivity index (χ2n) is 7.69. The molecule has 30 heavy (non-hydrogen) atoms. The molecule has 4 rings (SSSR count). The number of nitrogens with zero attached hydrogens (tertiary/aromatic N) is 1. The van der Waals surface area contributed by atoms with Crippen LogP contribution in [0.3, 0.4) is 0 Å². The maximum atomic E-state index is 11.3. The molecular formula is C22H25ClN2O5. The molecule has 1 fully saturated rings. The van der Waals surface area contributed by atoms with Gasteiger partial charge < -0.3 is 30.0 Å². The van der Waals surface area contributed by atoms with E-state index in [1.54, 1.807) is 6.07 Å². The Kier molecular flexibility index (Phi) is 6.32. The molecule has 2 aromatic carbocycles. The first-order valence-corrected chi connectivity index (χ1v) is 10.4. The SMILES string of the molecule is NC(=O)C1CCN(CC(O)COc2cc(Cl)cc(-c3ccc4c(c3)OCO4)c2)CC1. The van der Waals surface area contributed by atoms with Crippen molar-refractivity contribution in [1.29, 1.82) is 0 Å². The second-order valence-corrected chi connectivity index (χ2v) is 8.12. The minimum Gasteiger partial charge on any atom is -0.491 e. The summed E-state index contributed by atoms with van der Waals surface area (Å²) in [4.78, 5) is 13.4. The largest absolute Gasteiger partial charge is 0.491 e. The van der Waals surface area contributed by atoms with Crippen molar-refractivity contribution in [1.82, 2.24) is 4.90 Å². The van der Waals surface area contributed by atoms with E-state index in [9.17, 15) is 9.90 Å². The summed E-state index contributed by atoms with van der Waals surface area (Å²) in [5.74, 6) is 1.71. The van der Waals surface area contributed by atoms with E-state index in [-0.39, 0.29) is 25.2 Å². The molecule has 1 saturated heterocycles. The third kappa shape index (κ3) is 4.98. The molecule has 2 aliphatic heterocycles. The van der Waals surface area contributed by atoms with Gasteiger partial charge in [-0.1, -0.05) is 17.7 Å². The average Bonchev–Trinajstić information content (AvgIpc) is 3.20. The zero-order chi connectivity index (χ0) is 21.1. The summed E-state index contributed by atoms with van der Waals surface area (Å²) < 4.78 is 16.6. The fourth-order valence-electron chi connectivity index (χ4n) is 3.83. The number of β-amino-alcohol motifs (C(OH)–C–C–N with tert-alkyl or cyclic N) is 1. The van der Waals surface area contributed by atoms with Crippen molar-refractivity contribution in [2.45, 2.75) is 18.9 Å². The van der Waals surface area contributed by atoms with Crippen LogP contribution < -0.4 is 19.9 Å². The molecule has 160 valence electrons. The Labute approximate surface area is 180 Å². The number of likely N-dealkylation sites (tertiary alicyclic amines) is 1. The molecule has 0 bridgehead atoms. The summed E-state index contributed by atoms with van der Waals surface area (Å²) in [6, 6.07) is 11.2. The van der Waals surface area contributed by atoms with E-state index in [0.29, 0.717) is 23.1 Å². The topological polar surface area (TPSA) is 94.3 Å². The van der Waals surface area contributed by atoms with Gasteiger partial charge >= 0.3 is 0 Å². The molecule has 2 heterocycles. The highest BCUT2D eigenvalue weighted by Crippen LogP contribution is 2.37. The standard InChI is InChI=1S/C22H25ClN2O5/c23-17-7-16(15-1-2-20-21(9-15)30-13-29-20)8-19(10-17)28-12-18(26)11-25-5-3-14(4-6-25)22(24)27/h1-2,7-10,14,18,26H,3-6,11-13H2,(H2,24,27). The Morgan fingerprint density at radius 2 is 1.93 bits per heavy atom. The first-order chi connectivity index (χ1) is 14.5. The predicted molar refractivity (Wildman–Crippen MR) is 113 cm³/mol. The van der Waals surface area contributed by atoms with Gasteiger partial charge in [0.1, 0.15) is 18.5 Å². The summed E-state index contributed by atoms with van der Waals surface area (Å²) in [5, 5.41) is 10.9. The van der Waals surface area contributed by atoms with Gasteiger partial charge in [0.2, 0.25) is 12.7 Å². The highest BCUT2D eigenvalue weighted by Gasteiger charge is 2.24. The molecule has 7 nitrogen and oxygen atoms in total. The number of amides is 1. The molecule has 0 aliphatic carbocycles. The smallest absolute Gasteiger partial charge is 0.231 e. The van der Waals surface area contributed by atoms with Gasteiger partial charge in [-0.3, -0.25) is 4.79 Å². The van der Waals surface area contributed by atoms with Crippen LogP contribution in [0.15, 0.2) is 36.4 Å². The zero-order valence-electron chi connectivity index (χ0n) is 16.6. The van der Waals surface area contributed by atoms with Crippen LogP contribution in [0, 0.1) is 5.92 Å². The Morgan fingerprint density at radius 3 is 2.70 bits per heavy atom. The van der Waals surface area contributed by atoms with Crippen molar-refractivity contribution in [3.63, 3.8) is 0 Å². The predicted octanol–water partition coefficient (Wildman–Crippen LogP) is 2.67.